The molecule has 1 heterocycles. The monoisotopic (exact) mass is 390 g/mol. The van der Waals surface area contributed by atoms with Gasteiger partial charge >= 0.3 is 0 Å². The zero-order chi connectivity index (χ0) is 18.4. The Morgan fingerprint density at radius 2 is 1.81 bits per heavy atom. The molecular formula is C19H19ClN2O3S. The Hall–Kier alpha value is -2.18. The van der Waals surface area contributed by atoms with Crippen LogP contribution in [0.4, 0.5) is 0 Å². The van der Waals surface area contributed by atoms with E-state index in [0.717, 1.165) is 17.7 Å². The Labute approximate surface area is 161 Å². The van der Waals surface area contributed by atoms with Gasteiger partial charge in [0.05, 0.1) is 0 Å². The van der Waals surface area contributed by atoms with E-state index in [2.05, 4.69) is 10.6 Å². The Morgan fingerprint density at radius 3 is 2.46 bits per heavy atom. The van der Waals surface area contributed by atoms with Crippen molar-refractivity contribution >= 4 is 35.7 Å². The minimum atomic E-state index is -0.263. The number of rotatable bonds is 6. The van der Waals surface area contributed by atoms with E-state index in [1.54, 1.807) is 36.0 Å². The zero-order valence-corrected chi connectivity index (χ0v) is 15.6. The molecule has 2 aromatic carbocycles. The molecule has 1 aliphatic heterocycles. The Morgan fingerprint density at radius 1 is 1.15 bits per heavy atom. The number of carbonyl (C=O) groups excluding carboxylic acids is 2. The van der Waals surface area contributed by atoms with Gasteiger partial charge in [0.1, 0.15) is 16.7 Å². The van der Waals surface area contributed by atoms with E-state index in [1.165, 1.54) is 0 Å². The summed E-state index contributed by atoms with van der Waals surface area (Å²) in [6.45, 7) is 0.455. The normalized spacial score (nSPS) is 20.0. The molecule has 0 saturated carbocycles. The van der Waals surface area contributed by atoms with E-state index in [1.807, 2.05) is 24.3 Å². The molecule has 5 nitrogen and oxygen atoms in total. The maximum Gasteiger partial charge on any atom is 0.237 e. The lowest BCUT2D eigenvalue weighted by Gasteiger charge is -2.17. The maximum absolute atomic E-state index is 12.5. The lowest BCUT2D eigenvalue weighted by Crippen LogP contribution is -2.42. The molecule has 7 heteroatoms. The number of thioether (sulfide) groups is 1. The number of nitrogens with one attached hydrogen (secondary N) is 2. The van der Waals surface area contributed by atoms with Gasteiger partial charge in [-0.3, -0.25) is 9.59 Å². The van der Waals surface area contributed by atoms with E-state index in [4.69, 9.17) is 16.3 Å². The average Bonchev–Trinajstić information content (AvgIpc) is 2.84. The standard InChI is InChI=1S/C19H19ClN2O3S/c20-14-3-7-17(8-4-14)25-16-5-1-13(2-6-16)18-19(24)22-15(9-10-26-18)11-21-12-23/h1-8,12,15,18H,9-11H2,(H,21,23)(H,22,24)/t15-,18+/m0/s1. The van der Waals surface area contributed by atoms with Gasteiger partial charge in [0, 0.05) is 17.6 Å². The van der Waals surface area contributed by atoms with Crippen LogP contribution in [0, 0.1) is 0 Å². The topological polar surface area (TPSA) is 67.4 Å². The van der Waals surface area contributed by atoms with E-state index < -0.39 is 0 Å². The molecular weight excluding hydrogens is 372 g/mol. The van der Waals surface area contributed by atoms with Crippen LogP contribution in [0.15, 0.2) is 48.5 Å². The maximum atomic E-state index is 12.5. The number of benzene rings is 2. The quantitative estimate of drug-likeness (QED) is 0.740. The number of halogens is 1. The van der Waals surface area contributed by atoms with Crippen LogP contribution < -0.4 is 15.4 Å². The highest BCUT2D eigenvalue weighted by Crippen LogP contribution is 2.33. The van der Waals surface area contributed by atoms with Gasteiger partial charge in [-0.05, 0) is 54.1 Å². The van der Waals surface area contributed by atoms with Crippen LogP contribution in [0.5, 0.6) is 11.5 Å². The molecule has 0 spiro atoms. The molecule has 1 saturated heterocycles. The molecule has 0 aliphatic carbocycles. The summed E-state index contributed by atoms with van der Waals surface area (Å²) in [5.74, 6) is 2.21. The number of hydrogen-bond acceptors (Lipinski definition) is 4. The molecule has 0 unspecified atom stereocenters. The summed E-state index contributed by atoms with van der Waals surface area (Å²) in [5.41, 5.74) is 0.931. The fraction of sp³-hybridized carbons (Fsp3) is 0.263. The van der Waals surface area contributed by atoms with Gasteiger partial charge in [-0.15, -0.1) is 11.8 Å². The van der Waals surface area contributed by atoms with Crippen LogP contribution >= 0.6 is 23.4 Å². The van der Waals surface area contributed by atoms with Crippen molar-refractivity contribution in [1.82, 2.24) is 10.6 Å². The predicted molar refractivity (Wildman–Crippen MR) is 104 cm³/mol. The molecule has 2 amide bonds. The third-order valence-corrected chi connectivity index (χ3v) is 5.56. The highest BCUT2D eigenvalue weighted by molar-refractivity contribution is 8.00. The van der Waals surface area contributed by atoms with Crippen molar-refractivity contribution in [3.8, 4) is 11.5 Å². The Kier molecular flexibility index (Phi) is 6.41. The van der Waals surface area contributed by atoms with Crippen molar-refractivity contribution in [3.63, 3.8) is 0 Å². The zero-order valence-electron chi connectivity index (χ0n) is 14.0. The van der Waals surface area contributed by atoms with Crippen molar-refractivity contribution in [3.05, 3.63) is 59.1 Å². The van der Waals surface area contributed by atoms with Crippen LogP contribution in [0.2, 0.25) is 5.02 Å². The van der Waals surface area contributed by atoms with Gasteiger partial charge in [-0.25, -0.2) is 0 Å². The summed E-state index contributed by atoms with van der Waals surface area (Å²) in [4.78, 5) is 22.9. The highest BCUT2D eigenvalue weighted by Gasteiger charge is 2.27. The van der Waals surface area contributed by atoms with E-state index >= 15 is 0 Å². The van der Waals surface area contributed by atoms with Gasteiger partial charge in [-0.1, -0.05) is 23.7 Å². The second kappa shape index (κ2) is 8.96. The summed E-state index contributed by atoms with van der Waals surface area (Å²) >= 11 is 7.48. The van der Waals surface area contributed by atoms with Gasteiger partial charge in [-0.2, -0.15) is 0 Å². The van der Waals surface area contributed by atoms with Crippen molar-refractivity contribution in [2.75, 3.05) is 12.3 Å². The fourth-order valence-corrected chi connectivity index (χ4v) is 4.04. The number of ether oxygens (including phenoxy) is 1. The number of amides is 2. The summed E-state index contributed by atoms with van der Waals surface area (Å²) in [5, 5.41) is 6.02. The lowest BCUT2D eigenvalue weighted by molar-refractivity contribution is -0.121. The van der Waals surface area contributed by atoms with Gasteiger partial charge < -0.3 is 15.4 Å². The van der Waals surface area contributed by atoms with Crippen LogP contribution in [0.25, 0.3) is 0 Å². The molecule has 136 valence electrons. The molecule has 3 rings (SSSR count). The van der Waals surface area contributed by atoms with E-state index in [9.17, 15) is 9.59 Å². The predicted octanol–water partition coefficient (Wildman–Crippen LogP) is 3.54. The van der Waals surface area contributed by atoms with Crippen molar-refractivity contribution in [1.29, 1.82) is 0 Å². The molecule has 2 aromatic rings. The molecule has 2 atom stereocenters. The summed E-state index contributed by atoms with van der Waals surface area (Å²) < 4.78 is 5.78. The molecule has 1 fully saturated rings. The van der Waals surface area contributed by atoms with Gasteiger partial charge in [0.2, 0.25) is 12.3 Å². The van der Waals surface area contributed by atoms with Gasteiger partial charge in [0.25, 0.3) is 0 Å². The molecule has 0 aromatic heterocycles. The van der Waals surface area contributed by atoms with Crippen molar-refractivity contribution in [2.24, 2.45) is 0 Å². The molecule has 0 bridgehead atoms. The van der Waals surface area contributed by atoms with E-state index in [-0.39, 0.29) is 17.2 Å². The Balaban J connectivity index is 1.64. The minimum Gasteiger partial charge on any atom is -0.457 e. The summed E-state index contributed by atoms with van der Waals surface area (Å²) in [6.07, 6.45) is 1.48. The second-order valence-corrected chi connectivity index (χ2v) is 7.55. The second-order valence-electron chi connectivity index (χ2n) is 5.90. The third kappa shape index (κ3) is 4.93. The lowest BCUT2D eigenvalue weighted by atomic mass is 10.1. The van der Waals surface area contributed by atoms with Crippen LogP contribution in [0.1, 0.15) is 17.2 Å². The first-order valence-corrected chi connectivity index (χ1v) is 9.71. The smallest absolute Gasteiger partial charge is 0.237 e. The first-order chi connectivity index (χ1) is 12.7. The SMILES string of the molecule is O=CNC[C@@H]1CCS[C@H](c2ccc(Oc3ccc(Cl)cc3)cc2)C(=O)N1. The molecule has 26 heavy (non-hydrogen) atoms. The summed E-state index contributed by atoms with van der Waals surface area (Å²) in [7, 11) is 0. The molecule has 0 radical (unpaired) electrons. The van der Waals surface area contributed by atoms with Gasteiger partial charge in [0.15, 0.2) is 0 Å². The van der Waals surface area contributed by atoms with Crippen LogP contribution in [-0.2, 0) is 9.59 Å². The minimum absolute atomic E-state index is 0.0299. The Bertz CT molecular complexity index is 752. The number of hydrogen-bond donors (Lipinski definition) is 2. The van der Waals surface area contributed by atoms with Crippen LogP contribution in [0.3, 0.4) is 0 Å². The van der Waals surface area contributed by atoms with E-state index in [0.29, 0.717) is 29.5 Å². The summed E-state index contributed by atoms with van der Waals surface area (Å²) in [6, 6.07) is 14.6. The average molecular weight is 391 g/mol. The molecule has 2 N–H and O–H groups in total. The number of carbonyl (C=O) groups is 2. The van der Waals surface area contributed by atoms with Crippen molar-refractivity contribution < 1.29 is 14.3 Å². The fourth-order valence-electron chi connectivity index (χ4n) is 2.69. The first-order valence-electron chi connectivity index (χ1n) is 8.28. The first kappa shape index (κ1) is 18.6. The van der Waals surface area contributed by atoms with Crippen molar-refractivity contribution in [2.45, 2.75) is 17.7 Å². The largest absolute Gasteiger partial charge is 0.457 e. The third-order valence-electron chi connectivity index (χ3n) is 4.02. The molecule has 1 aliphatic rings. The highest BCUT2D eigenvalue weighted by atomic mass is 35.5. The van der Waals surface area contributed by atoms with Crippen LogP contribution in [-0.4, -0.2) is 30.7 Å².